The Labute approximate surface area is 149 Å². The molecule has 0 aliphatic carbocycles. The maximum absolute atomic E-state index is 12.8. The van der Waals surface area contributed by atoms with E-state index >= 15 is 0 Å². The Morgan fingerprint density at radius 3 is 2.19 bits per heavy atom. The van der Waals surface area contributed by atoms with Crippen molar-refractivity contribution in [1.82, 2.24) is 0 Å². The van der Waals surface area contributed by atoms with E-state index in [1.165, 1.54) is 37.4 Å². The second kappa shape index (κ2) is 7.56. The van der Waals surface area contributed by atoms with E-state index in [-0.39, 0.29) is 28.0 Å². The van der Waals surface area contributed by atoms with Gasteiger partial charge in [0.1, 0.15) is 34.5 Å². The van der Waals surface area contributed by atoms with Gasteiger partial charge in [0.25, 0.3) is 0 Å². The van der Waals surface area contributed by atoms with Crippen molar-refractivity contribution < 1.29 is 36.2 Å². The van der Waals surface area contributed by atoms with Crippen LogP contribution in [0.2, 0.25) is 0 Å². The van der Waals surface area contributed by atoms with Crippen molar-refractivity contribution in [2.75, 3.05) is 7.11 Å². The fourth-order valence-corrected chi connectivity index (χ4v) is 2.52. The van der Waals surface area contributed by atoms with Crippen LogP contribution >= 0.6 is 0 Å². The highest BCUT2D eigenvalue weighted by atomic mass is 19.3. The molecule has 3 rings (SSSR count). The molecule has 5 nitrogen and oxygen atoms in total. The maximum Gasteiger partial charge on any atom is 0.387 e. The molecule has 0 aliphatic rings. The van der Waals surface area contributed by atoms with E-state index in [9.17, 15) is 22.4 Å². The molecule has 142 valence electrons. The first kappa shape index (κ1) is 18.6. The highest BCUT2D eigenvalue weighted by Crippen LogP contribution is 2.32. The van der Waals surface area contributed by atoms with Crippen molar-refractivity contribution in [2.45, 2.75) is 13.2 Å². The van der Waals surface area contributed by atoms with Gasteiger partial charge in [0.2, 0.25) is 5.43 Å². The van der Waals surface area contributed by atoms with Crippen molar-refractivity contribution in [3.63, 3.8) is 0 Å². The highest BCUT2D eigenvalue weighted by Gasteiger charge is 2.18. The molecule has 1 heterocycles. The van der Waals surface area contributed by atoms with Crippen LogP contribution in [-0.2, 0) is 0 Å². The molecule has 0 atom stereocenters. The van der Waals surface area contributed by atoms with Gasteiger partial charge in [0.05, 0.1) is 12.7 Å². The lowest BCUT2D eigenvalue weighted by molar-refractivity contribution is -0.0502. The number of alkyl halides is 4. The van der Waals surface area contributed by atoms with Gasteiger partial charge in [0, 0.05) is 12.1 Å². The van der Waals surface area contributed by atoms with Crippen molar-refractivity contribution in [3.8, 4) is 28.4 Å². The van der Waals surface area contributed by atoms with Gasteiger partial charge in [-0.1, -0.05) is 12.1 Å². The number of methoxy groups -OCH3 is 1. The molecule has 0 fully saturated rings. The van der Waals surface area contributed by atoms with Crippen LogP contribution in [0.3, 0.4) is 0 Å². The summed E-state index contributed by atoms with van der Waals surface area (Å²) in [6.45, 7) is -6.14. The highest BCUT2D eigenvalue weighted by molar-refractivity contribution is 5.88. The standard InChI is InChI=1S/C18H12F4O5/c1-24-11-6-13-15(14(7-11)27-18(21)22)16(23)12(8-25-13)9-2-4-10(5-3-9)26-17(19)20/h2-8,17-18H,1H3. The Kier molecular flexibility index (Phi) is 5.20. The number of halogens is 4. The SMILES string of the molecule is COc1cc(OC(F)F)c2c(=O)c(-c3ccc(OC(F)F)cc3)coc2c1. The molecule has 2 aromatic carbocycles. The summed E-state index contributed by atoms with van der Waals surface area (Å²) in [5.41, 5.74) is -0.269. The molecule has 0 bridgehead atoms. The Balaban J connectivity index is 2.12. The summed E-state index contributed by atoms with van der Waals surface area (Å²) in [4.78, 5) is 12.8. The third-order valence-electron chi connectivity index (χ3n) is 3.66. The van der Waals surface area contributed by atoms with Gasteiger partial charge in [-0.25, -0.2) is 0 Å². The Hall–Kier alpha value is -3.23. The smallest absolute Gasteiger partial charge is 0.387 e. The van der Waals surface area contributed by atoms with Gasteiger partial charge in [-0.05, 0) is 17.7 Å². The van der Waals surface area contributed by atoms with Crippen molar-refractivity contribution in [3.05, 3.63) is 52.9 Å². The zero-order valence-corrected chi connectivity index (χ0v) is 13.7. The fourth-order valence-electron chi connectivity index (χ4n) is 2.52. The molecule has 1 aromatic heterocycles. The van der Waals surface area contributed by atoms with Gasteiger partial charge in [0.15, 0.2) is 0 Å². The summed E-state index contributed by atoms with van der Waals surface area (Å²) in [7, 11) is 1.32. The molecule has 0 N–H and O–H groups in total. The molecule has 9 heteroatoms. The van der Waals surface area contributed by atoms with Crippen LogP contribution in [-0.4, -0.2) is 20.3 Å². The quantitative estimate of drug-likeness (QED) is 0.578. The Morgan fingerprint density at radius 2 is 1.59 bits per heavy atom. The molecule has 27 heavy (non-hydrogen) atoms. The topological polar surface area (TPSA) is 57.9 Å². The molecule has 3 aromatic rings. The molecule has 0 radical (unpaired) electrons. The molecule has 0 saturated heterocycles. The first-order valence-corrected chi connectivity index (χ1v) is 7.52. The van der Waals surface area contributed by atoms with Gasteiger partial charge in [-0.2, -0.15) is 17.6 Å². The van der Waals surface area contributed by atoms with E-state index in [4.69, 9.17) is 9.15 Å². The van der Waals surface area contributed by atoms with Crippen molar-refractivity contribution in [2.24, 2.45) is 0 Å². The average Bonchev–Trinajstić information content (AvgIpc) is 2.61. The molecule has 0 spiro atoms. The van der Waals surface area contributed by atoms with Crippen LogP contribution in [0.5, 0.6) is 17.2 Å². The van der Waals surface area contributed by atoms with E-state index in [0.717, 1.165) is 12.3 Å². The number of hydrogen-bond acceptors (Lipinski definition) is 5. The van der Waals surface area contributed by atoms with Crippen LogP contribution < -0.4 is 19.6 Å². The lowest BCUT2D eigenvalue weighted by atomic mass is 10.0. The fraction of sp³-hybridized carbons (Fsp3) is 0.167. The zero-order valence-electron chi connectivity index (χ0n) is 13.7. The molecule has 0 saturated carbocycles. The predicted octanol–water partition coefficient (Wildman–Crippen LogP) is 4.67. The van der Waals surface area contributed by atoms with Crippen molar-refractivity contribution in [1.29, 1.82) is 0 Å². The Bertz CT molecular complexity index is 999. The molecule has 0 unspecified atom stereocenters. The normalized spacial score (nSPS) is 11.2. The van der Waals surface area contributed by atoms with Crippen LogP contribution in [0.4, 0.5) is 17.6 Å². The van der Waals surface area contributed by atoms with E-state index < -0.39 is 24.4 Å². The number of benzene rings is 2. The van der Waals surface area contributed by atoms with Crippen LogP contribution in [0.25, 0.3) is 22.1 Å². The molecule has 0 amide bonds. The van der Waals surface area contributed by atoms with E-state index in [0.29, 0.717) is 5.56 Å². The summed E-state index contributed by atoms with van der Waals surface area (Å²) < 4.78 is 68.9. The number of hydrogen-bond donors (Lipinski definition) is 0. The van der Waals surface area contributed by atoms with Crippen molar-refractivity contribution >= 4 is 11.0 Å². The summed E-state index contributed by atoms with van der Waals surface area (Å²) in [5.74, 6) is -0.319. The molecular formula is C18H12F4O5. The monoisotopic (exact) mass is 384 g/mol. The van der Waals surface area contributed by atoms with Crippen LogP contribution in [0, 0.1) is 0 Å². The summed E-state index contributed by atoms with van der Waals surface area (Å²) in [5, 5.41) is -0.193. The number of fused-ring (bicyclic) bond motifs is 1. The van der Waals surface area contributed by atoms with Gasteiger partial charge in [-0.15, -0.1) is 0 Å². The molecular weight excluding hydrogens is 372 g/mol. The van der Waals surface area contributed by atoms with Gasteiger partial charge >= 0.3 is 13.2 Å². The molecule has 0 aliphatic heterocycles. The predicted molar refractivity (Wildman–Crippen MR) is 87.7 cm³/mol. The maximum atomic E-state index is 12.8. The lowest BCUT2D eigenvalue weighted by Gasteiger charge is -2.11. The van der Waals surface area contributed by atoms with E-state index in [1.807, 2.05) is 0 Å². The van der Waals surface area contributed by atoms with E-state index in [2.05, 4.69) is 9.47 Å². The zero-order chi connectivity index (χ0) is 19.6. The largest absolute Gasteiger partial charge is 0.496 e. The second-order valence-corrected chi connectivity index (χ2v) is 5.26. The summed E-state index contributed by atoms with van der Waals surface area (Å²) in [6, 6.07) is 7.73. The van der Waals surface area contributed by atoms with Crippen LogP contribution in [0.15, 0.2) is 51.9 Å². The summed E-state index contributed by atoms with van der Waals surface area (Å²) in [6.07, 6.45) is 1.14. The van der Waals surface area contributed by atoms with E-state index in [1.54, 1.807) is 0 Å². The number of ether oxygens (including phenoxy) is 3. The third-order valence-corrected chi connectivity index (χ3v) is 3.66. The lowest BCUT2D eigenvalue weighted by Crippen LogP contribution is -2.10. The Morgan fingerprint density at radius 1 is 0.926 bits per heavy atom. The van der Waals surface area contributed by atoms with Crippen LogP contribution in [0.1, 0.15) is 0 Å². The average molecular weight is 384 g/mol. The summed E-state index contributed by atoms with van der Waals surface area (Å²) >= 11 is 0. The third kappa shape index (κ3) is 3.97. The minimum atomic E-state index is -3.16. The number of rotatable bonds is 6. The van der Waals surface area contributed by atoms with Gasteiger partial charge in [-0.3, -0.25) is 4.79 Å². The first-order valence-electron chi connectivity index (χ1n) is 7.52. The minimum Gasteiger partial charge on any atom is -0.496 e. The van der Waals surface area contributed by atoms with Gasteiger partial charge < -0.3 is 18.6 Å². The minimum absolute atomic E-state index is 0.00333. The first-order chi connectivity index (χ1) is 12.9. The second-order valence-electron chi connectivity index (χ2n) is 5.26.